The number of rotatable bonds is 13. The Kier molecular flexibility index (Phi) is 11.8. The number of hydrogen-bond acceptors (Lipinski definition) is 14. The molecule has 5 rings (SSSR count). The number of benzene rings is 1. The molecule has 268 valence electrons. The van der Waals surface area contributed by atoms with Crippen LogP contribution in [-0.4, -0.2) is 114 Å². The van der Waals surface area contributed by atoms with Gasteiger partial charge in [0, 0.05) is 51.3 Å². The number of phosphoric ester groups is 1. The number of fused-ring (bicyclic) bond motifs is 1. The number of Topliss-reactive ketones (excluding diaryl/α,β-unsaturated/α-hetero) is 1. The molecule has 1 fully saturated rings. The van der Waals surface area contributed by atoms with E-state index < -0.39 is 51.7 Å². The zero-order valence-electron chi connectivity index (χ0n) is 27.6. The standard InChI is InChI=1S/C31H35BN7O11P/c1-19-33-31(43)21(14-39(19)29-13-26(41)27(50-29)18-49-51(46,47)48-3)8-11-24(40)12-10-23-16-38(36-35-23)17-28(42)37(2)15-22-9-7-20-5-4-6-25(32(44)45)30(20)34-22/h4-7,9,14,16,26-27,29,41,44-45H,1,10,12-13,15,17-18H2,2-3H3,(H,33,43)(H,46,47)/t26?,27-,29-/m1/s1. The van der Waals surface area contributed by atoms with Crippen molar-refractivity contribution in [2.24, 2.45) is 0 Å². The molecule has 4 heterocycles. The lowest BCUT2D eigenvalue weighted by molar-refractivity contribution is -0.131. The summed E-state index contributed by atoms with van der Waals surface area (Å²) in [6, 6.07) is 8.61. The second kappa shape index (κ2) is 16.1. The highest BCUT2D eigenvalue weighted by molar-refractivity contribution is 7.47. The zero-order valence-corrected chi connectivity index (χ0v) is 28.5. The van der Waals surface area contributed by atoms with E-state index >= 15 is 0 Å². The van der Waals surface area contributed by atoms with Crippen molar-refractivity contribution in [3.8, 4) is 11.8 Å². The Morgan fingerprint density at radius 1 is 1.25 bits per heavy atom. The van der Waals surface area contributed by atoms with E-state index in [9.17, 15) is 39.0 Å². The summed E-state index contributed by atoms with van der Waals surface area (Å²) in [5, 5.41) is 41.0. The largest absolute Gasteiger partial charge is 0.490 e. The fourth-order valence-electron chi connectivity index (χ4n) is 5.21. The summed E-state index contributed by atoms with van der Waals surface area (Å²) in [5.74, 6) is 3.75. The van der Waals surface area contributed by atoms with Crippen LogP contribution in [0.5, 0.6) is 0 Å². The zero-order chi connectivity index (χ0) is 36.9. The number of nitrogens with zero attached hydrogens (tertiary/aromatic N) is 6. The number of carbonyl (C=O) groups is 3. The molecule has 0 spiro atoms. The van der Waals surface area contributed by atoms with Crippen LogP contribution in [0.1, 0.15) is 24.2 Å². The minimum atomic E-state index is -4.29. The fraction of sp³-hybridized carbons (Fsp3) is 0.355. The number of aliphatic hydroxyl groups excluding tert-OH is 1. The van der Waals surface area contributed by atoms with E-state index in [2.05, 4.69) is 43.6 Å². The molecular weight excluding hydrogens is 688 g/mol. The third-order valence-corrected chi connectivity index (χ3v) is 8.91. The molecule has 3 aromatic rings. The third kappa shape index (κ3) is 9.52. The van der Waals surface area contributed by atoms with Crippen LogP contribution >= 0.6 is 7.82 Å². The summed E-state index contributed by atoms with van der Waals surface area (Å²) in [5.41, 5.74) is 1.63. The number of pyridine rings is 1. The molecule has 1 saturated heterocycles. The van der Waals surface area contributed by atoms with Crippen LogP contribution in [0.3, 0.4) is 0 Å². The number of carbonyl (C=O) groups excluding carboxylic acids is 3. The Hall–Kier alpha value is -4.77. The van der Waals surface area contributed by atoms with Crippen molar-refractivity contribution in [3.63, 3.8) is 0 Å². The van der Waals surface area contributed by atoms with Crippen molar-refractivity contribution in [2.75, 3.05) is 20.8 Å². The highest BCUT2D eigenvalue weighted by atomic mass is 31.2. The number of amides is 2. The number of hydrogen-bond donors (Lipinski definition) is 5. The number of aliphatic hydroxyl groups is 1. The quantitative estimate of drug-likeness (QED) is 0.0596. The van der Waals surface area contributed by atoms with Crippen LogP contribution in [0.15, 0.2) is 60.7 Å². The van der Waals surface area contributed by atoms with Crippen LogP contribution in [0.2, 0.25) is 0 Å². The predicted octanol–water partition coefficient (Wildman–Crippen LogP) is -1.30. The molecule has 2 aliphatic heterocycles. The Balaban J connectivity index is 1.12. The lowest BCUT2D eigenvalue weighted by atomic mass is 9.79. The number of ketones is 1. The topological polar surface area (TPSA) is 239 Å². The van der Waals surface area contributed by atoms with Crippen molar-refractivity contribution in [1.29, 1.82) is 0 Å². The number of ether oxygens (including phenoxy) is 1. The number of phosphoric acid groups is 1. The summed E-state index contributed by atoms with van der Waals surface area (Å²) < 4.78 is 27.8. The molecule has 2 amide bonds. The molecule has 0 bridgehead atoms. The lowest BCUT2D eigenvalue weighted by Crippen LogP contribution is -2.43. The van der Waals surface area contributed by atoms with Gasteiger partial charge in [0.05, 0.1) is 36.2 Å². The summed E-state index contributed by atoms with van der Waals surface area (Å²) >= 11 is 0. The molecule has 51 heavy (non-hydrogen) atoms. The summed E-state index contributed by atoms with van der Waals surface area (Å²) in [7, 11) is -3.37. The van der Waals surface area contributed by atoms with Gasteiger partial charge in [-0.3, -0.25) is 28.4 Å². The normalized spacial score (nSPS) is 19.9. The molecule has 1 aromatic carbocycles. The smallest absolute Gasteiger partial charge is 0.423 e. The minimum Gasteiger partial charge on any atom is -0.423 e. The van der Waals surface area contributed by atoms with Crippen molar-refractivity contribution in [1.82, 2.24) is 35.1 Å². The number of nitrogens with one attached hydrogen (secondary N) is 1. The van der Waals surface area contributed by atoms with Crippen LogP contribution in [0, 0.1) is 11.8 Å². The Labute approximate surface area is 292 Å². The Morgan fingerprint density at radius 2 is 2.04 bits per heavy atom. The van der Waals surface area contributed by atoms with Gasteiger partial charge >= 0.3 is 14.9 Å². The SMILES string of the molecule is C=C1NC(=O)C(C#CC(=O)CCc2cn(CC(=O)N(C)Cc3ccc4cccc(B(O)O)c4n3)nn2)=CN1[C@H]1CC(O)[C@@H](COP(=O)(O)OC)O1. The van der Waals surface area contributed by atoms with Gasteiger partial charge in [-0.05, 0) is 17.4 Å². The molecule has 0 aliphatic carbocycles. The molecule has 0 saturated carbocycles. The average Bonchev–Trinajstić information content (AvgIpc) is 3.70. The van der Waals surface area contributed by atoms with Crippen LogP contribution in [-0.2, 0) is 52.2 Å². The predicted molar refractivity (Wildman–Crippen MR) is 178 cm³/mol. The second-order valence-electron chi connectivity index (χ2n) is 11.7. The molecule has 2 aliphatic rings. The maximum Gasteiger partial charge on any atom is 0.490 e. The number of para-hydroxylation sites is 1. The van der Waals surface area contributed by atoms with Gasteiger partial charge in [-0.25, -0.2) is 9.25 Å². The third-order valence-electron chi connectivity index (χ3n) is 7.97. The van der Waals surface area contributed by atoms with Crippen molar-refractivity contribution < 1.29 is 52.8 Å². The van der Waals surface area contributed by atoms with Gasteiger partial charge in [0.1, 0.15) is 30.3 Å². The molecule has 2 unspecified atom stereocenters. The van der Waals surface area contributed by atoms with Crippen molar-refractivity contribution in [2.45, 2.75) is 50.8 Å². The van der Waals surface area contributed by atoms with E-state index in [0.29, 0.717) is 16.9 Å². The van der Waals surface area contributed by atoms with Gasteiger partial charge in [-0.15, -0.1) is 5.10 Å². The van der Waals surface area contributed by atoms with E-state index in [1.165, 1.54) is 20.7 Å². The maximum absolute atomic E-state index is 12.9. The molecule has 4 atom stereocenters. The number of aromatic nitrogens is 4. The summed E-state index contributed by atoms with van der Waals surface area (Å²) in [6.45, 7) is 3.39. The average molecular weight is 723 g/mol. The number of likely N-dealkylation sites (N-methyl/N-ethyl adjacent to an activating group) is 1. The maximum atomic E-state index is 12.9. The van der Waals surface area contributed by atoms with Crippen LogP contribution in [0.25, 0.3) is 10.9 Å². The molecule has 18 nitrogen and oxygen atoms in total. The molecular formula is C31H35BN7O11P. The first kappa shape index (κ1) is 37.5. The summed E-state index contributed by atoms with van der Waals surface area (Å²) in [4.78, 5) is 54.8. The molecule has 2 aromatic heterocycles. The van der Waals surface area contributed by atoms with Crippen LogP contribution < -0.4 is 10.8 Å². The van der Waals surface area contributed by atoms with Gasteiger partial charge < -0.3 is 39.9 Å². The first-order valence-corrected chi connectivity index (χ1v) is 17.0. The Bertz CT molecular complexity index is 1980. The van der Waals surface area contributed by atoms with Crippen LogP contribution in [0.4, 0.5) is 0 Å². The van der Waals surface area contributed by atoms with Gasteiger partial charge in [0.2, 0.25) is 11.7 Å². The Morgan fingerprint density at radius 3 is 2.78 bits per heavy atom. The minimum absolute atomic E-state index is 0.0428. The monoisotopic (exact) mass is 723 g/mol. The van der Waals surface area contributed by atoms with Gasteiger partial charge in [0.25, 0.3) is 5.91 Å². The second-order valence-corrected chi connectivity index (χ2v) is 13.2. The van der Waals surface area contributed by atoms with E-state index in [1.54, 1.807) is 43.6 Å². The first-order chi connectivity index (χ1) is 24.2. The van der Waals surface area contributed by atoms with Gasteiger partial charge in [-0.2, -0.15) is 0 Å². The highest BCUT2D eigenvalue weighted by Gasteiger charge is 2.40. The lowest BCUT2D eigenvalue weighted by Gasteiger charge is -2.32. The summed E-state index contributed by atoms with van der Waals surface area (Å²) in [6.07, 6.45) is 0.192. The highest BCUT2D eigenvalue weighted by Crippen LogP contribution is 2.43. The molecule has 5 N–H and O–H groups in total. The van der Waals surface area contributed by atoms with Gasteiger partial charge in [-0.1, -0.05) is 42.0 Å². The first-order valence-electron chi connectivity index (χ1n) is 15.5. The van der Waals surface area contributed by atoms with E-state index in [0.717, 1.165) is 12.5 Å². The molecule has 0 radical (unpaired) electrons. The van der Waals surface area contributed by atoms with E-state index in [1.807, 2.05) is 0 Å². The van der Waals surface area contributed by atoms with E-state index in [4.69, 9.17) is 9.26 Å². The van der Waals surface area contributed by atoms with E-state index in [-0.39, 0.29) is 55.1 Å². The van der Waals surface area contributed by atoms with Crippen molar-refractivity contribution >= 4 is 48.9 Å². The fourth-order valence-corrected chi connectivity index (χ4v) is 5.65. The number of aryl methyl sites for hydroxylation is 1. The van der Waals surface area contributed by atoms with Gasteiger partial charge in [0.15, 0.2) is 0 Å². The van der Waals surface area contributed by atoms with Crippen molar-refractivity contribution in [3.05, 3.63) is 72.1 Å². The molecule has 20 heteroatoms.